The van der Waals surface area contributed by atoms with Gasteiger partial charge in [-0.05, 0) is 42.5 Å². The van der Waals surface area contributed by atoms with Gasteiger partial charge in [0.05, 0.1) is 23.0 Å². The number of ether oxygens (including phenoxy) is 4. The predicted octanol–water partition coefficient (Wildman–Crippen LogP) is 5.08. The summed E-state index contributed by atoms with van der Waals surface area (Å²) >= 11 is 0. The number of rotatable bonds is 5. The molecule has 194 valence electrons. The van der Waals surface area contributed by atoms with Crippen LogP contribution in [0.5, 0.6) is 23.0 Å². The number of carbonyl (C=O) groups is 4. The predicted molar refractivity (Wildman–Crippen MR) is 133 cm³/mol. The largest absolute Gasteiger partial charge is 0.478 e. The molecule has 2 heterocycles. The van der Waals surface area contributed by atoms with Crippen molar-refractivity contribution in [2.24, 2.45) is 11.8 Å². The first kappa shape index (κ1) is 25.0. The molecule has 0 saturated heterocycles. The van der Waals surface area contributed by atoms with E-state index in [0.29, 0.717) is 16.7 Å². The molecule has 1 N–H and O–H groups in total. The van der Waals surface area contributed by atoms with Crippen molar-refractivity contribution in [2.45, 2.75) is 33.3 Å². The minimum atomic E-state index is -1.55. The molecule has 0 unspecified atom stereocenters. The van der Waals surface area contributed by atoms with E-state index in [4.69, 9.17) is 18.9 Å². The van der Waals surface area contributed by atoms with Crippen LogP contribution in [0.3, 0.4) is 0 Å². The summed E-state index contributed by atoms with van der Waals surface area (Å²) in [5.41, 5.74) is -0.221. The van der Waals surface area contributed by atoms with Gasteiger partial charge in [-0.3, -0.25) is 9.59 Å². The number of carboxylic acid groups (broad SMARTS) is 1. The molecule has 0 bridgehead atoms. The molecule has 5 rings (SSSR count). The third-order valence-corrected chi connectivity index (χ3v) is 6.38. The number of benzene rings is 3. The van der Waals surface area contributed by atoms with E-state index in [9.17, 15) is 24.3 Å². The van der Waals surface area contributed by atoms with Crippen molar-refractivity contribution >= 4 is 23.9 Å². The monoisotopic (exact) mass is 516 g/mol. The number of carboxylic acids is 1. The van der Waals surface area contributed by atoms with Crippen molar-refractivity contribution in [3.05, 3.63) is 82.4 Å². The highest BCUT2D eigenvalue weighted by molar-refractivity contribution is 5.99. The Bertz CT molecular complexity index is 1440. The van der Waals surface area contributed by atoms with E-state index in [0.717, 1.165) is 0 Å². The normalized spacial score (nSPS) is 14.3. The lowest BCUT2D eigenvalue weighted by Gasteiger charge is -2.36. The van der Waals surface area contributed by atoms with E-state index >= 15 is 0 Å². The van der Waals surface area contributed by atoms with Crippen molar-refractivity contribution < 1.29 is 43.2 Å². The van der Waals surface area contributed by atoms with Crippen LogP contribution in [0.25, 0.3) is 0 Å². The molecule has 0 fully saturated rings. The lowest BCUT2D eigenvalue weighted by Crippen LogP contribution is -2.33. The molecule has 2 aliphatic heterocycles. The highest BCUT2D eigenvalue weighted by Crippen LogP contribution is 2.57. The van der Waals surface area contributed by atoms with Gasteiger partial charge < -0.3 is 24.1 Å². The van der Waals surface area contributed by atoms with Crippen molar-refractivity contribution in [1.82, 2.24) is 0 Å². The molecule has 0 saturated carbocycles. The molecule has 0 atom stereocenters. The van der Waals surface area contributed by atoms with E-state index in [2.05, 4.69) is 0 Å². The molecular formula is C29H24O9. The fourth-order valence-electron chi connectivity index (χ4n) is 4.41. The van der Waals surface area contributed by atoms with Crippen molar-refractivity contribution in [3.63, 3.8) is 0 Å². The highest BCUT2D eigenvalue weighted by Gasteiger charge is 2.54. The quantitative estimate of drug-likeness (QED) is 0.365. The Morgan fingerprint density at radius 3 is 1.76 bits per heavy atom. The third-order valence-electron chi connectivity index (χ3n) is 6.38. The molecular weight excluding hydrogens is 492 g/mol. The van der Waals surface area contributed by atoms with Gasteiger partial charge in [0, 0.05) is 28.8 Å². The molecule has 9 nitrogen and oxygen atoms in total. The second-order valence-corrected chi connectivity index (χ2v) is 9.71. The van der Waals surface area contributed by atoms with Crippen LogP contribution in [0.4, 0.5) is 0 Å². The first-order valence-corrected chi connectivity index (χ1v) is 12.0. The Hall–Kier alpha value is -4.66. The Morgan fingerprint density at radius 1 is 0.763 bits per heavy atom. The van der Waals surface area contributed by atoms with Gasteiger partial charge in [-0.1, -0.05) is 27.7 Å². The van der Waals surface area contributed by atoms with E-state index in [1.807, 2.05) is 0 Å². The molecule has 38 heavy (non-hydrogen) atoms. The van der Waals surface area contributed by atoms with Crippen LogP contribution in [0.2, 0.25) is 0 Å². The van der Waals surface area contributed by atoms with Crippen LogP contribution in [0.15, 0.2) is 54.6 Å². The van der Waals surface area contributed by atoms with Crippen molar-refractivity contribution in [1.29, 1.82) is 0 Å². The fraction of sp³-hybridized carbons (Fsp3) is 0.241. The average molecular weight is 517 g/mol. The Morgan fingerprint density at radius 2 is 1.29 bits per heavy atom. The minimum absolute atomic E-state index is 0.0269. The third kappa shape index (κ3) is 3.96. The molecule has 0 amide bonds. The first-order valence-electron chi connectivity index (χ1n) is 12.0. The van der Waals surface area contributed by atoms with Crippen LogP contribution in [-0.2, 0) is 19.9 Å². The summed E-state index contributed by atoms with van der Waals surface area (Å²) in [5, 5.41) is 9.64. The number of aromatic carboxylic acids is 1. The summed E-state index contributed by atoms with van der Waals surface area (Å²) in [7, 11) is 0. The van der Waals surface area contributed by atoms with Gasteiger partial charge in [-0.2, -0.15) is 0 Å². The lowest BCUT2D eigenvalue weighted by atomic mass is 9.77. The van der Waals surface area contributed by atoms with Crippen LogP contribution in [0, 0.1) is 11.8 Å². The second-order valence-electron chi connectivity index (χ2n) is 9.71. The van der Waals surface area contributed by atoms with Gasteiger partial charge in [0.2, 0.25) is 0 Å². The van der Waals surface area contributed by atoms with E-state index in [1.54, 1.807) is 52.0 Å². The summed E-state index contributed by atoms with van der Waals surface area (Å²) in [4.78, 5) is 49.3. The highest BCUT2D eigenvalue weighted by atomic mass is 16.6. The first-order chi connectivity index (χ1) is 18.0. The SMILES string of the molecule is CC(C)C(=O)Oc1ccc2c(c1)Oc1cc(OC(=O)C(C)C)ccc1C21OC(=O)c2ccc(C(=O)O)cc21. The van der Waals surface area contributed by atoms with Crippen molar-refractivity contribution in [3.8, 4) is 23.0 Å². The molecule has 3 aromatic rings. The van der Waals surface area contributed by atoms with Gasteiger partial charge >= 0.3 is 23.9 Å². The molecule has 0 radical (unpaired) electrons. The summed E-state index contributed by atoms with van der Waals surface area (Å²) in [6.07, 6.45) is 0. The number of carbonyl (C=O) groups excluding carboxylic acids is 3. The van der Waals surface area contributed by atoms with Crippen LogP contribution in [-0.4, -0.2) is 29.0 Å². The maximum atomic E-state index is 13.1. The van der Waals surface area contributed by atoms with Gasteiger partial charge in [0.15, 0.2) is 5.60 Å². The average Bonchev–Trinajstić information content (AvgIpc) is 3.15. The summed E-state index contributed by atoms with van der Waals surface area (Å²) in [5.74, 6) is -2.54. The molecule has 0 aromatic heterocycles. The fourth-order valence-corrected chi connectivity index (χ4v) is 4.41. The number of hydrogen-bond donors (Lipinski definition) is 1. The molecule has 3 aromatic carbocycles. The van der Waals surface area contributed by atoms with Gasteiger partial charge in [0.1, 0.15) is 23.0 Å². The van der Waals surface area contributed by atoms with Gasteiger partial charge in [-0.15, -0.1) is 0 Å². The molecule has 1 spiro atoms. The minimum Gasteiger partial charge on any atom is -0.478 e. The molecule has 2 aliphatic rings. The Balaban J connectivity index is 1.72. The van der Waals surface area contributed by atoms with E-state index in [1.165, 1.54) is 30.3 Å². The maximum absolute atomic E-state index is 13.1. The van der Waals surface area contributed by atoms with Gasteiger partial charge in [0.25, 0.3) is 0 Å². The Kier molecular flexibility index (Phi) is 5.94. The van der Waals surface area contributed by atoms with Crippen molar-refractivity contribution in [2.75, 3.05) is 0 Å². The number of fused-ring (bicyclic) bond motifs is 6. The van der Waals surface area contributed by atoms with Crippen LogP contribution < -0.4 is 14.2 Å². The molecule has 0 aliphatic carbocycles. The standard InChI is InChI=1S/C29H24O9/c1-14(2)26(32)35-17-6-9-20-23(12-17)37-24-13-18(36-27(33)15(3)4)7-10-21(24)29(20)22-11-16(25(30)31)5-8-19(22)28(34)38-29/h5-15H,1-4H3,(H,30,31). The lowest BCUT2D eigenvalue weighted by molar-refractivity contribution is -0.138. The number of esters is 3. The van der Waals surface area contributed by atoms with Crippen LogP contribution in [0.1, 0.15) is 65.1 Å². The smallest absolute Gasteiger partial charge is 0.340 e. The second kappa shape index (κ2) is 9.02. The Labute approximate surface area is 217 Å². The van der Waals surface area contributed by atoms with Gasteiger partial charge in [-0.25, -0.2) is 9.59 Å². The zero-order valence-electron chi connectivity index (χ0n) is 21.1. The number of hydrogen-bond acceptors (Lipinski definition) is 8. The maximum Gasteiger partial charge on any atom is 0.340 e. The zero-order valence-corrected chi connectivity index (χ0v) is 21.1. The summed E-state index contributed by atoms with van der Waals surface area (Å²) in [6, 6.07) is 13.5. The zero-order chi connectivity index (χ0) is 27.4. The summed E-state index contributed by atoms with van der Waals surface area (Å²) < 4.78 is 23.1. The topological polar surface area (TPSA) is 125 Å². The van der Waals surface area contributed by atoms with E-state index < -0.39 is 29.5 Å². The summed E-state index contributed by atoms with van der Waals surface area (Å²) in [6.45, 7) is 6.82. The molecule has 9 heteroatoms. The van der Waals surface area contributed by atoms with E-state index in [-0.39, 0.29) is 46.0 Å². The van der Waals surface area contributed by atoms with Crippen LogP contribution >= 0.6 is 0 Å².